The number of benzene rings is 2. The number of nitrogens with one attached hydrogen (secondary N) is 1. The van der Waals surface area contributed by atoms with Crippen LogP contribution in [0.3, 0.4) is 0 Å². The molecule has 5 heteroatoms. The Morgan fingerprint density at radius 1 is 1.00 bits per heavy atom. The summed E-state index contributed by atoms with van der Waals surface area (Å²) in [5, 5.41) is 0. The van der Waals surface area contributed by atoms with E-state index in [0.717, 1.165) is 35.3 Å². The Kier molecular flexibility index (Phi) is 6.62. The fourth-order valence-electron chi connectivity index (χ4n) is 3.05. The molecule has 0 amide bonds. The van der Waals surface area contributed by atoms with Gasteiger partial charge in [-0.2, -0.15) is 0 Å². The summed E-state index contributed by atoms with van der Waals surface area (Å²) < 4.78 is 33.3. The van der Waals surface area contributed by atoms with E-state index < -0.39 is 10.0 Å². The van der Waals surface area contributed by atoms with E-state index in [9.17, 15) is 8.42 Å². The van der Waals surface area contributed by atoms with Crippen molar-refractivity contribution in [2.24, 2.45) is 0 Å². The Labute approximate surface area is 151 Å². The van der Waals surface area contributed by atoms with Gasteiger partial charge in [0.25, 0.3) is 0 Å². The normalized spacial score (nSPS) is 11.5. The summed E-state index contributed by atoms with van der Waals surface area (Å²) in [5.41, 5.74) is 3.86. The van der Waals surface area contributed by atoms with Crippen molar-refractivity contribution in [2.45, 2.75) is 45.4 Å². The Morgan fingerprint density at radius 3 is 2.16 bits per heavy atom. The van der Waals surface area contributed by atoms with Crippen LogP contribution in [0.15, 0.2) is 41.3 Å². The molecule has 0 aliphatic carbocycles. The fourth-order valence-corrected chi connectivity index (χ4v) is 4.51. The largest absolute Gasteiger partial charge is 0.492 e. The molecular formula is C20H27NO3S. The Balaban J connectivity index is 1.92. The smallest absolute Gasteiger partial charge is 0.241 e. The zero-order valence-corrected chi connectivity index (χ0v) is 16.2. The summed E-state index contributed by atoms with van der Waals surface area (Å²) in [4.78, 5) is 0.363. The second-order valence-electron chi connectivity index (χ2n) is 6.37. The molecular weight excluding hydrogens is 334 g/mol. The molecule has 0 bridgehead atoms. The van der Waals surface area contributed by atoms with Crippen LogP contribution in [0.5, 0.6) is 5.75 Å². The molecule has 0 heterocycles. The molecule has 2 rings (SSSR count). The molecule has 4 nitrogen and oxygen atoms in total. The molecule has 0 atom stereocenters. The van der Waals surface area contributed by atoms with Crippen molar-refractivity contribution in [2.75, 3.05) is 13.2 Å². The zero-order chi connectivity index (χ0) is 18.4. The first-order chi connectivity index (χ1) is 11.8. The molecule has 0 fully saturated rings. The minimum absolute atomic E-state index is 0.228. The highest BCUT2D eigenvalue weighted by atomic mass is 32.2. The topological polar surface area (TPSA) is 55.4 Å². The lowest BCUT2D eigenvalue weighted by molar-refractivity contribution is 0.322. The van der Waals surface area contributed by atoms with E-state index in [-0.39, 0.29) is 13.2 Å². The van der Waals surface area contributed by atoms with Gasteiger partial charge >= 0.3 is 0 Å². The van der Waals surface area contributed by atoms with E-state index >= 15 is 0 Å². The molecule has 25 heavy (non-hydrogen) atoms. The van der Waals surface area contributed by atoms with Gasteiger partial charge < -0.3 is 4.74 Å². The van der Waals surface area contributed by atoms with Crippen LogP contribution in [-0.2, 0) is 16.4 Å². The summed E-state index contributed by atoms with van der Waals surface area (Å²) in [5.74, 6) is 0.752. The Hall–Kier alpha value is -1.85. The van der Waals surface area contributed by atoms with Crippen LogP contribution >= 0.6 is 0 Å². The standard InChI is InChI=1S/C20H27NO3S/c1-5-6-18-7-9-19(10-8-18)24-12-11-21-25(22,23)20-16(3)13-15(2)14-17(20)4/h7-10,13-14,21H,5-6,11-12H2,1-4H3. The summed E-state index contributed by atoms with van der Waals surface area (Å²) in [6.07, 6.45) is 2.16. The maximum absolute atomic E-state index is 12.5. The number of rotatable bonds is 8. The van der Waals surface area contributed by atoms with Crippen molar-refractivity contribution >= 4 is 10.0 Å². The number of aryl methyl sites for hydroxylation is 4. The van der Waals surface area contributed by atoms with Gasteiger partial charge in [0.1, 0.15) is 12.4 Å². The van der Waals surface area contributed by atoms with Gasteiger partial charge in [0, 0.05) is 6.54 Å². The second kappa shape index (κ2) is 8.50. The lowest BCUT2D eigenvalue weighted by atomic mass is 10.1. The third-order valence-electron chi connectivity index (χ3n) is 4.00. The first-order valence-electron chi connectivity index (χ1n) is 8.62. The number of hydrogen-bond acceptors (Lipinski definition) is 3. The van der Waals surface area contributed by atoms with Crippen molar-refractivity contribution in [3.63, 3.8) is 0 Å². The third-order valence-corrected chi connectivity index (χ3v) is 5.76. The quantitative estimate of drug-likeness (QED) is 0.725. The lowest BCUT2D eigenvalue weighted by Crippen LogP contribution is -2.29. The van der Waals surface area contributed by atoms with E-state index in [2.05, 4.69) is 11.6 Å². The first-order valence-corrected chi connectivity index (χ1v) is 10.1. The van der Waals surface area contributed by atoms with Crippen molar-refractivity contribution in [3.8, 4) is 5.75 Å². The highest BCUT2D eigenvalue weighted by Gasteiger charge is 2.19. The lowest BCUT2D eigenvalue weighted by Gasteiger charge is -2.13. The molecule has 2 aromatic rings. The molecule has 0 saturated heterocycles. The van der Waals surface area contributed by atoms with Crippen molar-refractivity contribution in [1.29, 1.82) is 0 Å². The van der Waals surface area contributed by atoms with Gasteiger partial charge in [-0.05, 0) is 56.0 Å². The SMILES string of the molecule is CCCc1ccc(OCCNS(=O)(=O)c2c(C)cc(C)cc2C)cc1. The maximum atomic E-state index is 12.5. The third kappa shape index (κ3) is 5.31. The van der Waals surface area contributed by atoms with Gasteiger partial charge in [0.05, 0.1) is 4.90 Å². The average Bonchev–Trinajstić information content (AvgIpc) is 2.52. The van der Waals surface area contributed by atoms with Crippen LogP contribution in [0, 0.1) is 20.8 Å². The van der Waals surface area contributed by atoms with E-state index in [1.165, 1.54) is 5.56 Å². The van der Waals surface area contributed by atoms with Gasteiger partial charge in [-0.1, -0.05) is 43.2 Å². The predicted octanol–water partition coefficient (Wildman–Crippen LogP) is 3.92. The molecule has 0 spiro atoms. The summed E-state index contributed by atoms with van der Waals surface area (Å²) >= 11 is 0. The molecule has 1 N–H and O–H groups in total. The van der Waals surface area contributed by atoms with Crippen LogP contribution in [0.4, 0.5) is 0 Å². The van der Waals surface area contributed by atoms with Crippen molar-refractivity contribution < 1.29 is 13.2 Å². The van der Waals surface area contributed by atoms with Crippen molar-refractivity contribution in [1.82, 2.24) is 4.72 Å². The van der Waals surface area contributed by atoms with E-state index in [0.29, 0.717) is 4.90 Å². The van der Waals surface area contributed by atoms with E-state index in [1.54, 1.807) is 0 Å². The number of ether oxygens (including phenoxy) is 1. The highest BCUT2D eigenvalue weighted by Crippen LogP contribution is 2.21. The molecule has 0 saturated carbocycles. The first kappa shape index (κ1) is 19.5. The maximum Gasteiger partial charge on any atom is 0.241 e. The molecule has 2 aromatic carbocycles. The van der Waals surface area contributed by atoms with Crippen LogP contribution in [0.25, 0.3) is 0 Å². The minimum atomic E-state index is -3.54. The minimum Gasteiger partial charge on any atom is -0.492 e. The molecule has 0 aliphatic heterocycles. The molecule has 0 radical (unpaired) electrons. The van der Waals surface area contributed by atoms with Gasteiger partial charge in [-0.3, -0.25) is 0 Å². The van der Waals surface area contributed by atoms with Gasteiger partial charge in [0.15, 0.2) is 0 Å². The van der Waals surface area contributed by atoms with E-state index in [4.69, 9.17) is 4.74 Å². The molecule has 136 valence electrons. The zero-order valence-electron chi connectivity index (χ0n) is 15.4. The van der Waals surface area contributed by atoms with Crippen LogP contribution in [0.2, 0.25) is 0 Å². The van der Waals surface area contributed by atoms with Crippen molar-refractivity contribution in [3.05, 3.63) is 58.7 Å². The van der Waals surface area contributed by atoms with Crippen LogP contribution < -0.4 is 9.46 Å². The summed E-state index contributed by atoms with van der Waals surface area (Å²) in [6, 6.07) is 11.7. The number of hydrogen-bond donors (Lipinski definition) is 1. The molecule has 0 unspecified atom stereocenters. The van der Waals surface area contributed by atoms with Gasteiger partial charge in [0.2, 0.25) is 10.0 Å². The fraction of sp³-hybridized carbons (Fsp3) is 0.400. The van der Waals surface area contributed by atoms with Gasteiger partial charge in [-0.15, -0.1) is 0 Å². The van der Waals surface area contributed by atoms with Crippen LogP contribution in [0.1, 0.15) is 35.6 Å². The Bertz CT molecular complexity index is 788. The van der Waals surface area contributed by atoms with Crippen LogP contribution in [-0.4, -0.2) is 21.6 Å². The number of sulfonamides is 1. The monoisotopic (exact) mass is 361 g/mol. The van der Waals surface area contributed by atoms with E-state index in [1.807, 2.05) is 57.2 Å². The Morgan fingerprint density at radius 2 is 1.60 bits per heavy atom. The molecule has 0 aliphatic rings. The molecule has 0 aromatic heterocycles. The highest BCUT2D eigenvalue weighted by molar-refractivity contribution is 7.89. The second-order valence-corrected chi connectivity index (χ2v) is 8.07. The summed E-state index contributed by atoms with van der Waals surface area (Å²) in [7, 11) is -3.54. The van der Waals surface area contributed by atoms with Gasteiger partial charge in [-0.25, -0.2) is 13.1 Å². The predicted molar refractivity (Wildman–Crippen MR) is 102 cm³/mol. The average molecular weight is 362 g/mol. The summed E-state index contributed by atoms with van der Waals surface area (Å²) in [6.45, 7) is 8.27.